The highest BCUT2D eigenvalue weighted by molar-refractivity contribution is 6.15. The van der Waals surface area contributed by atoms with Crippen molar-refractivity contribution in [2.75, 3.05) is 12.0 Å². The summed E-state index contributed by atoms with van der Waals surface area (Å²) in [6.07, 6.45) is 7.89. The number of imidazole rings is 1. The Bertz CT molecular complexity index is 1070. The largest absolute Gasteiger partial charge is 0.464 e. The molecule has 2 aromatic rings. The standard InChI is InChI=1S/C26H34N4O4/c1-17(2)18-11-13-20(14-12-18)30-23(31)22-21(24(32)34-4)27-16-29(22)15-26(30,3)25(33)28-19-9-7-5-6-8-10-19/h11-14,16-17,19H,5-10,15H2,1-4H3,(H,28,33). The Labute approximate surface area is 200 Å². The van der Waals surface area contributed by atoms with E-state index in [2.05, 4.69) is 24.1 Å². The van der Waals surface area contributed by atoms with Crippen molar-refractivity contribution in [3.05, 3.63) is 47.5 Å². The highest BCUT2D eigenvalue weighted by Gasteiger charge is 2.50. The normalized spacial score (nSPS) is 21.2. The van der Waals surface area contributed by atoms with E-state index in [0.29, 0.717) is 11.6 Å². The van der Waals surface area contributed by atoms with Crippen molar-refractivity contribution in [1.29, 1.82) is 0 Å². The van der Waals surface area contributed by atoms with E-state index in [1.807, 2.05) is 24.3 Å². The fraction of sp³-hybridized carbons (Fsp3) is 0.538. The van der Waals surface area contributed by atoms with Crippen molar-refractivity contribution in [2.45, 2.75) is 83.3 Å². The van der Waals surface area contributed by atoms with Gasteiger partial charge in [-0.15, -0.1) is 0 Å². The second-order valence-corrected chi connectivity index (χ2v) is 9.88. The number of fused-ring (bicyclic) bond motifs is 1. The quantitative estimate of drug-likeness (QED) is 0.530. The van der Waals surface area contributed by atoms with Crippen LogP contribution in [0.2, 0.25) is 0 Å². The van der Waals surface area contributed by atoms with Crippen LogP contribution in [0.5, 0.6) is 0 Å². The number of amides is 2. The molecule has 1 fully saturated rings. The summed E-state index contributed by atoms with van der Waals surface area (Å²) in [5.41, 5.74) is 0.653. The third kappa shape index (κ3) is 4.33. The molecular weight excluding hydrogens is 432 g/mol. The summed E-state index contributed by atoms with van der Waals surface area (Å²) in [6.45, 7) is 6.18. The van der Waals surface area contributed by atoms with Crippen molar-refractivity contribution in [1.82, 2.24) is 14.9 Å². The molecule has 0 spiro atoms. The molecular formula is C26H34N4O4. The van der Waals surface area contributed by atoms with E-state index in [4.69, 9.17) is 4.74 Å². The molecule has 1 saturated carbocycles. The van der Waals surface area contributed by atoms with Crippen LogP contribution < -0.4 is 10.2 Å². The Balaban J connectivity index is 1.75. The van der Waals surface area contributed by atoms with Crippen molar-refractivity contribution in [3.8, 4) is 0 Å². The number of aromatic nitrogens is 2. The summed E-state index contributed by atoms with van der Waals surface area (Å²) >= 11 is 0. The Morgan fingerprint density at radius 3 is 2.35 bits per heavy atom. The van der Waals surface area contributed by atoms with Gasteiger partial charge in [-0.1, -0.05) is 51.7 Å². The van der Waals surface area contributed by atoms with Gasteiger partial charge in [0.2, 0.25) is 5.91 Å². The van der Waals surface area contributed by atoms with Crippen LogP contribution in [0.3, 0.4) is 0 Å². The smallest absolute Gasteiger partial charge is 0.359 e. The van der Waals surface area contributed by atoms with Gasteiger partial charge in [-0.3, -0.25) is 14.5 Å². The third-order valence-electron chi connectivity index (χ3n) is 7.09. The van der Waals surface area contributed by atoms with Gasteiger partial charge in [-0.25, -0.2) is 9.78 Å². The van der Waals surface area contributed by atoms with Crippen molar-refractivity contribution in [3.63, 3.8) is 0 Å². The number of rotatable bonds is 5. The van der Waals surface area contributed by atoms with Crippen LogP contribution in [0.15, 0.2) is 30.6 Å². The first kappa shape index (κ1) is 24.0. The first-order chi connectivity index (χ1) is 16.3. The molecule has 2 aliphatic rings. The summed E-state index contributed by atoms with van der Waals surface area (Å²) < 4.78 is 6.44. The number of carbonyl (C=O) groups is 3. The molecule has 2 heterocycles. The van der Waals surface area contributed by atoms with Gasteiger partial charge in [0, 0.05) is 11.7 Å². The van der Waals surface area contributed by atoms with Crippen LogP contribution in [0, 0.1) is 0 Å². The van der Waals surface area contributed by atoms with Crippen LogP contribution in [0.25, 0.3) is 0 Å². The number of methoxy groups -OCH3 is 1. The summed E-state index contributed by atoms with van der Waals surface area (Å²) in [6, 6.07) is 7.79. The van der Waals surface area contributed by atoms with Gasteiger partial charge in [0.05, 0.1) is 20.0 Å². The van der Waals surface area contributed by atoms with E-state index in [-0.39, 0.29) is 29.9 Å². The summed E-state index contributed by atoms with van der Waals surface area (Å²) in [7, 11) is 1.26. The number of hydrogen-bond donors (Lipinski definition) is 1. The average Bonchev–Trinajstić information content (AvgIpc) is 3.07. The van der Waals surface area contributed by atoms with Crippen molar-refractivity contribution >= 4 is 23.5 Å². The van der Waals surface area contributed by atoms with Gasteiger partial charge in [-0.05, 0) is 43.4 Å². The molecule has 2 amide bonds. The maximum Gasteiger partial charge on any atom is 0.359 e. The minimum Gasteiger partial charge on any atom is -0.464 e. The first-order valence-electron chi connectivity index (χ1n) is 12.1. The van der Waals surface area contributed by atoms with Gasteiger partial charge < -0.3 is 14.6 Å². The molecule has 8 nitrogen and oxygen atoms in total. The highest BCUT2D eigenvalue weighted by Crippen LogP contribution is 2.35. The Morgan fingerprint density at radius 1 is 1.12 bits per heavy atom. The summed E-state index contributed by atoms with van der Waals surface area (Å²) in [5.74, 6) is -0.980. The number of benzene rings is 1. The molecule has 1 aromatic heterocycles. The average molecular weight is 467 g/mol. The fourth-order valence-corrected chi connectivity index (χ4v) is 5.05. The van der Waals surface area contributed by atoms with Gasteiger partial charge in [0.25, 0.3) is 5.91 Å². The predicted octanol–water partition coefficient (Wildman–Crippen LogP) is 4.05. The topological polar surface area (TPSA) is 93.5 Å². The van der Waals surface area contributed by atoms with Gasteiger partial charge >= 0.3 is 5.97 Å². The molecule has 1 aliphatic carbocycles. The molecule has 1 atom stereocenters. The van der Waals surface area contributed by atoms with E-state index in [1.165, 1.54) is 31.2 Å². The number of nitrogens with zero attached hydrogens (tertiary/aromatic N) is 3. The number of ether oxygens (including phenoxy) is 1. The van der Waals surface area contributed by atoms with E-state index in [1.54, 1.807) is 11.5 Å². The lowest BCUT2D eigenvalue weighted by molar-refractivity contribution is -0.127. The number of hydrogen-bond acceptors (Lipinski definition) is 5. The molecule has 0 radical (unpaired) electrons. The number of esters is 1. The Hall–Kier alpha value is -3.16. The maximum absolute atomic E-state index is 13.9. The molecule has 4 rings (SSSR count). The van der Waals surface area contributed by atoms with Crippen molar-refractivity contribution < 1.29 is 19.1 Å². The van der Waals surface area contributed by atoms with Crippen LogP contribution in [0.4, 0.5) is 5.69 Å². The fourth-order valence-electron chi connectivity index (χ4n) is 5.05. The van der Waals surface area contributed by atoms with Gasteiger partial charge in [0.1, 0.15) is 11.2 Å². The molecule has 1 aliphatic heterocycles. The minimum absolute atomic E-state index is 0.0393. The molecule has 182 valence electrons. The molecule has 0 bridgehead atoms. The lowest BCUT2D eigenvalue weighted by Crippen LogP contribution is -2.65. The zero-order valence-electron chi connectivity index (χ0n) is 20.5. The van der Waals surface area contributed by atoms with E-state index >= 15 is 0 Å². The predicted molar refractivity (Wildman–Crippen MR) is 129 cm³/mol. The summed E-state index contributed by atoms with van der Waals surface area (Å²) in [5, 5.41) is 3.23. The molecule has 34 heavy (non-hydrogen) atoms. The third-order valence-corrected chi connectivity index (χ3v) is 7.09. The minimum atomic E-state index is -1.19. The number of anilines is 1. The van der Waals surface area contributed by atoms with E-state index in [0.717, 1.165) is 31.2 Å². The molecule has 1 aromatic carbocycles. The lowest BCUT2D eigenvalue weighted by Gasteiger charge is -2.44. The van der Waals surface area contributed by atoms with Gasteiger partial charge in [0.15, 0.2) is 5.69 Å². The van der Waals surface area contributed by atoms with E-state index in [9.17, 15) is 14.4 Å². The van der Waals surface area contributed by atoms with E-state index < -0.39 is 17.4 Å². The zero-order chi connectivity index (χ0) is 24.5. The molecule has 0 saturated heterocycles. The zero-order valence-corrected chi connectivity index (χ0v) is 20.5. The number of nitrogens with one attached hydrogen (secondary N) is 1. The maximum atomic E-state index is 13.9. The SMILES string of the molecule is COC(=O)c1ncn2c1C(=O)N(c1ccc(C(C)C)cc1)C(C)(C(=O)NC1CCCCCC1)C2. The van der Waals surface area contributed by atoms with Crippen LogP contribution in [-0.2, 0) is 16.1 Å². The Kier molecular flexibility index (Phi) is 6.77. The second kappa shape index (κ2) is 9.60. The monoisotopic (exact) mass is 466 g/mol. The van der Waals surface area contributed by atoms with Crippen LogP contribution in [0.1, 0.15) is 91.8 Å². The number of carbonyl (C=O) groups excluding carboxylic acids is 3. The first-order valence-corrected chi connectivity index (χ1v) is 12.1. The van der Waals surface area contributed by atoms with Gasteiger partial charge in [-0.2, -0.15) is 0 Å². The molecule has 1 unspecified atom stereocenters. The molecule has 1 N–H and O–H groups in total. The van der Waals surface area contributed by atoms with Crippen molar-refractivity contribution in [2.24, 2.45) is 0 Å². The molecule has 8 heteroatoms. The Morgan fingerprint density at radius 2 is 1.76 bits per heavy atom. The highest BCUT2D eigenvalue weighted by atomic mass is 16.5. The summed E-state index contributed by atoms with van der Waals surface area (Å²) in [4.78, 5) is 45.6. The second-order valence-electron chi connectivity index (χ2n) is 9.88. The van der Waals surface area contributed by atoms with Crippen LogP contribution >= 0.6 is 0 Å². The lowest BCUT2D eigenvalue weighted by atomic mass is 9.92. The van der Waals surface area contributed by atoms with Crippen LogP contribution in [-0.4, -0.2) is 46.0 Å².